The molecular formula is C14H27N3O. The number of piperidine rings is 1. The number of hydrogen-bond acceptors (Lipinski definition) is 3. The Labute approximate surface area is 110 Å². The maximum atomic E-state index is 11.9. The van der Waals surface area contributed by atoms with Crippen molar-refractivity contribution in [3.8, 4) is 0 Å². The summed E-state index contributed by atoms with van der Waals surface area (Å²) in [7, 11) is 0. The van der Waals surface area contributed by atoms with Crippen LogP contribution in [0.25, 0.3) is 0 Å². The van der Waals surface area contributed by atoms with Gasteiger partial charge in [-0.3, -0.25) is 4.79 Å². The van der Waals surface area contributed by atoms with Crippen LogP contribution in [0, 0.1) is 0 Å². The molecule has 1 amide bonds. The fraction of sp³-hybridized carbons (Fsp3) is 0.929. The third-order valence-electron chi connectivity index (χ3n) is 4.56. The molecule has 0 aromatic carbocycles. The number of carbonyl (C=O) groups excluding carboxylic acids is 1. The number of nitrogens with zero attached hydrogens (tertiary/aromatic N) is 1. The average Bonchev–Trinajstić information content (AvgIpc) is 2.84. The second-order valence-electron chi connectivity index (χ2n) is 5.91. The van der Waals surface area contributed by atoms with E-state index < -0.39 is 5.54 Å². The van der Waals surface area contributed by atoms with E-state index >= 15 is 0 Å². The van der Waals surface area contributed by atoms with Crippen molar-refractivity contribution in [1.82, 2.24) is 10.2 Å². The van der Waals surface area contributed by atoms with Gasteiger partial charge in [-0.25, -0.2) is 0 Å². The minimum atomic E-state index is -0.431. The second kappa shape index (κ2) is 6.02. The molecule has 0 atom stereocenters. The average molecular weight is 253 g/mol. The van der Waals surface area contributed by atoms with E-state index in [2.05, 4.69) is 17.1 Å². The lowest BCUT2D eigenvalue weighted by molar-refractivity contribution is -0.126. The zero-order valence-corrected chi connectivity index (χ0v) is 11.6. The van der Waals surface area contributed by atoms with Crippen molar-refractivity contribution >= 4 is 5.91 Å². The van der Waals surface area contributed by atoms with Gasteiger partial charge in [0.1, 0.15) is 5.54 Å². The quantitative estimate of drug-likeness (QED) is 0.775. The maximum absolute atomic E-state index is 11.9. The summed E-state index contributed by atoms with van der Waals surface area (Å²) in [4.78, 5) is 14.3. The van der Waals surface area contributed by atoms with Crippen LogP contribution in [0.3, 0.4) is 0 Å². The van der Waals surface area contributed by atoms with Crippen molar-refractivity contribution in [2.75, 3.05) is 19.6 Å². The van der Waals surface area contributed by atoms with Crippen molar-refractivity contribution in [1.29, 1.82) is 0 Å². The van der Waals surface area contributed by atoms with Gasteiger partial charge in [0.05, 0.1) is 0 Å². The largest absolute Gasteiger partial charge is 0.368 e. The third kappa shape index (κ3) is 3.04. The van der Waals surface area contributed by atoms with Crippen LogP contribution in [0.2, 0.25) is 0 Å². The topological polar surface area (TPSA) is 58.4 Å². The highest BCUT2D eigenvalue weighted by Crippen LogP contribution is 2.27. The summed E-state index contributed by atoms with van der Waals surface area (Å²) < 4.78 is 0. The normalized spacial score (nSPS) is 25.4. The Morgan fingerprint density at radius 2 is 1.94 bits per heavy atom. The summed E-state index contributed by atoms with van der Waals surface area (Å²) in [6, 6.07) is 0.509. The van der Waals surface area contributed by atoms with E-state index in [1.54, 1.807) is 0 Å². The lowest BCUT2D eigenvalue weighted by Crippen LogP contribution is -2.62. The molecule has 104 valence electrons. The zero-order valence-electron chi connectivity index (χ0n) is 11.6. The number of hydrogen-bond donors (Lipinski definition) is 2. The molecule has 0 unspecified atom stereocenters. The highest BCUT2D eigenvalue weighted by molar-refractivity contribution is 5.84. The summed E-state index contributed by atoms with van der Waals surface area (Å²) in [5, 5.41) is 3.59. The van der Waals surface area contributed by atoms with Crippen LogP contribution in [0.5, 0.6) is 0 Å². The summed E-state index contributed by atoms with van der Waals surface area (Å²) in [5.41, 5.74) is 5.25. The minimum Gasteiger partial charge on any atom is -0.368 e. The first-order valence-corrected chi connectivity index (χ1v) is 7.46. The Hall–Kier alpha value is -0.610. The van der Waals surface area contributed by atoms with Crippen molar-refractivity contribution in [3.63, 3.8) is 0 Å². The molecule has 1 saturated heterocycles. The van der Waals surface area contributed by atoms with Crippen molar-refractivity contribution in [2.24, 2.45) is 5.73 Å². The van der Waals surface area contributed by atoms with Gasteiger partial charge >= 0.3 is 0 Å². The van der Waals surface area contributed by atoms with E-state index in [4.69, 9.17) is 5.73 Å². The molecule has 0 bridgehead atoms. The van der Waals surface area contributed by atoms with E-state index in [0.29, 0.717) is 6.04 Å². The maximum Gasteiger partial charge on any atom is 0.237 e. The number of primary amides is 1. The fourth-order valence-electron chi connectivity index (χ4n) is 3.40. The SMILES string of the molecule is CCCN1CCC(NC2CCCC2)(C(N)=O)CC1. The van der Waals surface area contributed by atoms with Crippen molar-refractivity contribution in [2.45, 2.75) is 63.5 Å². The zero-order chi connectivity index (χ0) is 13.0. The Kier molecular flexibility index (Phi) is 4.62. The summed E-state index contributed by atoms with van der Waals surface area (Å²) in [6.07, 6.45) is 7.90. The Morgan fingerprint density at radius 1 is 1.33 bits per heavy atom. The third-order valence-corrected chi connectivity index (χ3v) is 4.56. The van der Waals surface area contributed by atoms with Crippen LogP contribution in [0.4, 0.5) is 0 Å². The number of likely N-dealkylation sites (tertiary alicyclic amines) is 1. The van der Waals surface area contributed by atoms with Gasteiger partial charge in [-0.05, 0) is 38.6 Å². The first-order chi connectivity index (χ1) is 8.66. The lowest BCUT2D eigenvalue weighted by Gasteiger charge is -2.41. The second-order valence-corrected chi connectivity index (χ2v) is 5.91. The van der Waals surface area contributed by atoms with E-state index in [9.17, 15) is 4.79 Å². The first kappa shape index (κ1) is 13.8. The fourth-order valence-corrected chi connectivity index (χ4v) is 3.40. The van der Waals surface area contributed by atoms with Crippen LogP contribution >= 0.6 is 0 Å². The molecule has 3 N–H and O–H groups in total. The molecule has 2 fully saturated rings. The molecule has 18 heavy (non-hydrogen) atoms. The van der Waals surface area contributed by atoms with Crippen LogP contribution in [0.15, 0.2) is 0 Å². The van der Waals surface area contributed by atoms with Gasteiger partial charge in [-0.2, -0.15) is 0 Å². The van der Waals surface area contributed by atoms with Gasteiger partial charge < -0.3 is 16.0 Å². The van der Waals surface area contributed by atoms with Gasteiger partial charge in [0, 0.05) is 19.1 Å². The molecule has 1 saturated carbocycles. The number of nitrogens with two attached hydrogens (primary N) is 1. The molecule has 2 rings (SSSR count). The summed E-state index contributed by atoms with van der Waals surface area (Å²) >= 11 is 0. The summed E-state index contributed by atoms with van der Waals surface area (Å²) in [5.74, 6) is -0.148. The smallest absolute Gasteiger partial charge is 0.237 e. The Morgan fingerprint density at radius 3 is 2.44 bits per heavy atom. The Balaban J connectivity index is 1.94. The van der Waals surface area contributed by atoms with E-state index in [0.717, 1.165) is 32.5 Å². The van der Waals surface area contributed by atoms with Crippen LogP contribution in [-0.2, 0) is 4.79 Å². The predicted octanol–water partition coefficient (Wildman–Crippen LogP) is 1.25. The van der Waals surface area contributed by atoms with Gasteiger partial charge in [-0.15, -0.1) is 0 Å². The lowest BCUT2D eigenvalue weighted by atomic mass is 9.85. The molecule has 2 aliphatic rings. The minimum absolute atomic E-state index is 0.148. The molecule has 4 heteroatoms. The van der Waals surface area contributed by atoms with Gasteiger partial charge in [0.15, 0.2) is 0 Å². The van der Waals surface area contributed by atoms with Crippen LogP contribution < -0.4 is 11.1 Å². The predicted molar refractivity (Wildman–Crippen MR) is 73.3 cm³/mol. The Bertz CT molecular complexity index is 279. The molecule has 0 aromatic rings. The van der Waals surface area contributed by atoms with E-state index in [-0.39, 0.29) is 5.91 Å². The van der Waals surface area contributed by atoms with E-state index in [1.807, 2.05) is 0 Å². The number of nitrogens with one attached hydrogen (secondary N) is 1. The highest BCUT2D eigenvalue weighted by atomic mass is 16.1. The van der Waals surface area contributed by atoms with E-state index in [1.165, 1.54) is 32.1 Å². The number of carbonyl (C=O) groups is 1. The molecule has 1 aliphatic carbocycles. The monoisotopic (exact) mass is 253 g/mol. The summed E-state index contributed by atoms with van der Waals surface area (Å²) in [6.45, 7) is 5.33. The molecule has 1 aliphatic heterocycles. The first-order valence-electron chi connectivity index (χ1n) is 7.46. The van der Waals surface area contributed by atoms with Crippen molar-refractivity contribution < 1.29 is 4.79 Å². The molecule has 0 spiro atoms. The van der Waals surface area contributed by atoms with Crippen LogP contribution in [0.1, 0.15) is 51.9 Å². The highest BCUT2D eigenvalue weighted by Gasteiger charge is 2.41. The standard InChI is InChI=1S/C14H27N3O/c1-2-9-17-10-7-14(8-11-17,13(15)18)16-12-5-3-4-6-12/h12,16H,2-11H2,1H3,(H2,15,18). The molecule has 1 heterocycles. The van der Waals surface area contributed by atoms with Crippen LogP contribution in [-0.4, -0.2) is 42.0 Å². The number of rotatable bonds is 5. The van der Waals surface area contributed by atoms with Gasteiger partial charge in [0.25, 0.3) is 0 Å². The van der Waals surface area contributed by atoms with Gasteiger partial charge in [0.2, 0.25) is 5.91 Å². The molecule has 4 nitrogen and oxygen atoms in total. The number of amides is 1. The molecule has 0 aromatic heterocycles. The molecule has 0 radical (unpaired) electrons. The van der Waals surface area contributed by atoms with Crippen molar-refractivity contribution in [3.05, 3.63) is 0 Å². The molecular weight excluding hydrogens is 226 g/mol. The van der Waals surface area contributed by atoms with Gasteiger partial charge in [-0.1, -0.05) is 19.8 Å².